The second-order valence-corrected chi connectivity index (χ2v) is 4.44. The highest BCUT2D eigenvalue weighted by Gasteiger charge is 2.16. The van der Waals surface area contributed by atoms with Gasteiger partial charge in [0.15, 0.2) is 0 Å². The van der Waals surface area contributed by atoms with Crippen LogP contribution in [0.2, 0.25) is 0 Å². The molecule has 0 spiro atoms. The van der Waals surface area contributed by atoms with E-state index in [4.69, 9.17) is 0 Å². The smallest absolute Gasteiger partial charge is 0.273 e. The van der Waals surface area contributed by atoms with E-state index in [0.29, 0.717) is 23.6 Å². The Labute approximate surface area is 122 Å². The first-order chi connectivity index (χ1) is 10.1. The van der Waals surface area contributed by atoms with Crippen molar-refractivity contribution in [3.63, 3.8) is 0 Å². The predicted molar refractivity (Wildman–Crippen MR) is 81.7 cm³/mol. The van der Waals surface area contributed by atoms with Crippen molar-refractivity contribution in [2.24, 2.45) is 0 Å². The van der Waals surface area contributed by atoms with Gasteiger partial charge >= 0.3 is 0 Å². The number of halogens is 1. The number of para-hydroxylation sites is 1. The molecule has 0 amide bonds. The molecule has 2 aromatic rings. The van der Waals surface area contributed by atoms with Crippen molar-refractivity contribution in [3.05, 3.63) is 58.4 Å². The van der Waals surface area contributed by atoms with Crippen LogP contribution in [0.15, 0.2) is 42.5 Å². The molecule has 0 atom stereocenters. The first-order valence-electron chi connectivity index (χ1n) is 6.56. The maximum Gasteiger partial charge on any atom is 0.273 e. The molecule has 0 saturated heterocycles. The minimum Gasteiger partial charge on any atom is -0.388 e. The number of non-ortho nitro benzene ring substituents is 1. The quantitative estimate of drug-likeness (QED) is 0.669. The van der Waals surface area contributed by atoms with Gasteiger partial charge in [-0.15, -0.1) is 0 Å². The number of hydrogen-bond acceptors (Lipinski definition) is 4. The molecule has 110 valence electrons. The lowest BCUT2D eigenvalue weighted by Crippen LogP contribution is -2.17. The zero-order valence-electron chi connectivity index (χ0n) is 11.8. The lowest BCUT2D eigenvalue weighted by Gasteiger charge is -2.24. The average molecular weight is 289 g/mol. The van der Waals surface area contributed by atoms with E-state index < -0.39 is 4.92 Å². The van der Waals surface area contributed by atoms with Gasteiger partial charge in [-0.2, -0.15) is 0 Å². The van der Waals surface area contributed by atoms with Crippen LogP contribution >= 0.6 is 0 Å². The van der Waals surface area contributed by atoms with E-state index >= 15 is 0 Å². The van der Waals surface area contributed by atoms with Crippen molar-refractivity contribution in [2.75, 3.05) is 23.8 Å². The van der Waals surface area contributed by atoms with Gasteiger partial charge in [-0.05, 0) is 25.1 Å². The highest BCUT2D eigenvalue weighted by atomic mass is 19.1. The molecule has 0 aromatic heterocycles. The topological polar surface area (TPSA) is 58.4 Å². The van der Waals surface area contributed by atoms with Gasteiger partial charge in [-0.1, -0.05) is 12.1 Å². The van der Waals surface area contributed by atoms with Crippen molar-refractivity contribution < 1.29 is 9.31 Å². The summed E-state index contributed by atoms with van der Waals surface area (Å²) in [7, 11) is 1.68. The molecule has 1 N–H and O–H groups in total. The minimum absolute atomic E-state index is 0.0355. The molecule has 2 aromatic carbocycles. The number of anilines is 3. The summed E-state index contributed by atoms with van der Waals surface area (Å²) in [6.07, 6.45) is 0. The molecule has 21 heavy (non-hydrogen) atoms. The van der Waals surface area contributed by atoms with Crippen LogP contribution in [-0.4, -0.2) is 18.5 Å². The number of nitro benzene ring substituents is 1. The van der Waals surface area contributed by atoms with Crippen LogP contribution in [0.3, 0.4) is 0 Å². The summed E-state index contributed by atoms with van der Waals surface area (Å²) >= 11 is 0. The lowest BCUT2D eigenvalue weighted by atomic mass is 10.2. The summed E-state index contributed by atoms with van der Waals surface area (Å²) in [5, 5.41) is 13.9. The number of hydrogen-bond donors (Lipinski definition) is 1. The van der Waals surface area contributed by atoms with E-state index in [1.54, 1.807) is 36.2 Å². The molecule has 0 radical (unpaired) electrons. The normalized spacial score (nSPS) is 10.2. The maximum atomic E-state index is 14.0. The zero-order valence-corrected chi connectivity index (χ0v) is 11.8. The maximum absolute atomic E-state index is 14.0. The first kappa shape index (κ1) is 14.8. The second kappa shape index (κ2) is 6.21. The molecular weight excluding hydrogens is 273 g/mol. The van der Waals surface area contributed by atoms with Gasteiger partial charge in [0.1, 0.15) is 5.82 Å². The van der Waals surface area contributed by atoms with E-state index in [-0.39, 0.29) is 11.5 Å². The standard InChI is InChI=1S/C15H16FN3O2/c1-3-18(15-7-5-4-6-14(15)16)12-8-11(17-2)9-13(10-12)19(20)21/h4-10,17H,3H2,1-2H3. The van der Waals surface area contributed by atoms with E-state index in [1.165, 1.54) is 18.2 Å². The third kappa shape index (κ3) is 3.10. The molecule has 0 unspecified atom stereocenters. The van der Waals surface area contributed by atoms with Crippen LogP contribution in [-0.2, 0) is 0 Å². The Bertz CT molecular complexity index is 661. The number of nitrogens with zero attached hydrogens (tertiary/aromatic N) is 2. The zero-order chi connectivity index (χ0) is 15.4. The van der Waals surface area contributed by atoms with E-state index in [9.17, 15) is 14.5 Å². The van der Waals surface area contributed by atoms with Gasteiger partial charge in [-0.25, -0.2) is 4.39 Å². The van der Waals surface area contributed by atoms with Crippen molar-refractivity contribution in [1.82, 2.24) is 0 Å². The molecule has 6 heteroatoms. The monoisotopic (exact) mass is 289 g/mol. The summed E-state index contributed by atoms with van der Waals surface area (Å²) in [5.74, 6) is -0.364. The Morgan fingerprint density at radius 1 is 1.29 bits per heavy atom. The number of nitrogens with one attached hydrogen (secondary N) is 1. The SMILES string of the molecule is CCN(c1cc(NC)cc([N+](=O)[O-])c1)c1ccccc1F. The van der Waals surface area contributed by atoms with Gasteiger partial charge in [-0.3, -0.25) is 10.1 Å². The molecular formula is C15H16FN3O2. The largest absolute Gasteiger partial charge is 0.388 e. The van der Waals surface area contributed by atoms with Crippen LogP contribution in [0.1, 0.15) is 6.92 Å². The van der Waals surface area contributed by atoms with E-state index in [1.807, 2.05) is 6.92 Å². The molecule has 0 saturated carbocycles. The summed E-state index contributed by atoms with van der Waals surface area (Å²) in [6, 6.07) is 11.0. The van der Waals surface area contributed by atoms with Gasteiger partial charge in [0.25, 0.3) is 5.69 Å². The van der Waals surface area contributed by atoms with Crippen LogP contribution in [0.5, 0.6) is 0 Å². The average Bonchev–Trinajstić information content (AvgIpc) is 2.49. The highest BCUT2D eigenvalue weighted by Crippen LogP contribution is 2.32. The fourth-order valence-corrected chi connectivity index (χ4v) is 2.16. The Morgan fingerprint density at radius 2 is 2.00 bits per heavy atom. The summed E-state index contributed by atoms with van der Waals surface area (Å²) in [6.45, 7) is 2.36. The lowest BCUT2D eigenvalue weighted by molar-refractivity contribution is -0.384. The fraction of sp³-hybridized carbons (Fsp3) is 0.200. The Morgan fingerprint density at radius 3 is 2.57 bits per heavy atom. The fourth-order valence-electron chi connectivity index (χ4n) is 2.16. The van der Waals surface area contributed by atoms with Crippen molar-refractivity contribution in [3.8, 4) is 0 Å². The van der Waals surface area contributed by atoms with Gasteiger partial charge in [0.2, 0.25) is 0 Å². The molecule has 0 fully saturated rings. The van der Waals surface area contributed by atoms with Crippen molar-refractivity contribution in [2.45, 2.75) is 6.92 Å². The molecule has 0 aliphatic carbocycles. The molecule has 0 bridgehead atoms. The van der Waals surface area contributed by atoms with Crippen LogP contribution < -0.4 is 10.2 Å². The summed E-state index contributed by atoms with van der Waals surface area (Å²) < 4.78 is 14.0. The van der Waals surface area contributed by atoms with Crippen molar-refractivity contribution >= 4 is 22.7 Å². The minimum atomic E-state index is -0.459. The number of benzene rings is 2. The van der Waals surface area contributed by atoms with Crippen LogP contribution in [0, 0.1) is 15.9 Å². The Kier molecular flexibility index (Phi) is 4.37. The number of nitro groups is 1. The highest BCUT2D eigenvalue weighted by molar-refractivity contribution is 5.71. The van der Waals surface area contributed by atoms with Gasteiger partial charge in [0.05, 0.1) is 16.3 Å². The van der Waals surface area contributed by atoms with Crippen LogP contribution in [0.4, 0.5) is 27.1 Å². The molecule has 5 nitrogen and oxygen atoms in total. The van der Waals surface area contributed by atoms with Gasteiger partial charge in [0, 0.05) is 31.4 Å². The van der Waals surface area contributed by atoms with E-state index in [0.717, 1.165) is 0 Å². The second-order valence-electron chi connectivity index (χ2n) is 4.44. The predicted octanol–water partition coefficient (Wildman–Crippen LogP) is 3.93. The number of rotatable bonds is 5. The van der Waals surface area contributed by atoms with Crippen LogP contribution in [0.25, 0.3) is 0 Å². The third-order valence-corrected chi connectivity index (χ3v) is 3.17. The first-order valence-corrected chi connectivity index (χ1v) is 6.56. The Hall–Kier alpha value is -2.63. The molecule has 2 rings (SSSR count). The molecule has 0 aliphatic rings. The Balaban J connectivity index is 2.54. The van der Waals surface area contributed by atoms with E-state index in [2.05, 4.69) is 5.32 Å². The van der Waals surface area contributed by atoms with Crippen molar-refractivity contribution in [1.29, 1.82) is 0 Å². The van der Waals surface area contributed by atoms with Gasteiger partial charge < -0.3 is 10.2 Å². The third-order valence-electron chi connectivity index (χ3n) is 3.17. The summed E-state index contributed by atoms with van der Waals surface area (Å²) in [5.41, 5.74) is 1.53. The molecule has 0 heterocycles. The molecule has 0 aliphatic heterocycles. The summed E-state index contributed by atoms with van der Waals surface area (Å²) in [4.78, 5) is 12.3.